The van der Waals surface area contributed by atoms with Gasteiger partial charge >= 0.3 is 0 Å². The molecule has 13 heavy (non-hydrogen) atoms. The van der Waals surface area contributed by atoms with E-state index in [9.17, 15) is 9.59 Å². The van der Waals surface area contributed by atoms with E-state index in [1.54, 1.807) is 20.8 Å². The maximum Gasteiger partial charge on any atom is 0.189 e. The van der Waals surface area contributed by atoms with Crippen LogP contribution in [-0.2, 0) is 9.59 Å². The lowest BCUT2D eigenvalue weighted by Crippen LogP contribution is -2.19. The fourth-order valence-electron chi connectivity index (χ4n) is 1.36. The van der Waals surface area contributed by atoms with Gasteiger partial charge in [-0.3, -0.25) is 9.59 Å². The van der Waals surface area contributed by atoms with Crippen molar-refractivity contribution in [2.75, 3.05) is 0 Å². The summed E-state index contributed by atoms with van der Waals surface area (Å²) in [5.41, 5.74) is 2.02. The van der Waals surface area contributed by atoms with Gasteiger partial charge in [0.05, 0.1) is 0 Å². The van der Waals surface area contributed by atoms with E-state index in [0.29, 0.717) is 22.3 Å². The van der Waals surface area contributed by atoms with Crippen molar-refractivity contribution in [3.8, 4) is 0 Å². The van der Waals surface area contributed by atoms with E-state index in [4.69, 9.17) is 0 Å². The number of carbonyl (C=O) groups is 2. The summed E-state index contributed by atoms with van der Waals surface area (Å²) < 4.78 is 0. The summed E-state index contributed by atoms with van der Waals surface area (Å²) >= 11 is 0. The average Bonchev–Trinajstić information content (AvgIpc) is 2.13. The molecule has 0 atom stereocenters. The minimum atomic E-state index is -0.0791. The minimum Gasteiger partial charge on any atom is -0.289 e. The predicted molar refractivity (Wildman–Crippen MR) is 51.3 cm³/mol. The number of hydrogen-bond acceptors (Lipinski definition) is 2. The summed E-state index contributed by atoms with van der Waals surface area (Å²) in [6, 6.07) is 0. The van der Waals surface area contributed by atoms with Gasteiger partial charge in [-0.15, -0.1) is 0 Å². The topological polar surface area (TPSA) is 34.1 Å². The van der Waals surface area contributed by atoms with Crippen LogP contribution in [0.15, 0.2) is 34.9 Å². The highest BCUT2D eigenvalue weighted by molar-refractivity contribution is 6.25. The molecular weight excluding hydrogens is 164 g/mol. The highest BCUT2D eigenvalue weighted by Gasteiger charge is 2.25. The lowest BCUT2D eigenvalue weighted by molar-refractivity contribution is -0.116. The van der Waals surface area contributed by atoms with Crippen LogP contribution in [-0.4, -0.2) is 11.6 Å². The molecule has 0 unspecified atom stereocenters. The molecule has 0 spiro atoms. The number of Topliss-reactive ketones (excluding diaryl/α,β-unsaturated/α-hetero) is 2. The van der Waals surface area contributed by atoms with Crippen LogP contribution >= 0.6 is 0 Å². The van der Waals surface area contributed by atoms with Crippen LogP contribution < -0.4 is 0 Å². The predicted octanol–water partition coefficient (Wildman–Crippen LogP) is 1.98. The van der Waals surface area contributed by atoms with Crippen LogP contribution in [0, 0.1) is 0 Å². The van der Waals surface area contributed by atoms with Crippen molar-refractivity contribution < 1.29 is 9.59 Å². The quantitative estimate of drug-likeness (QED) is 0.572. The summed E-state index contributed by atoms with van der Waals surface area (Å²) in [6.07, 6.45) is 1.45. The van der Waals surface area contributed by atoms with Crippen molar-refractivity contribution in [1.29, 1.82) is 0 Å². The molecule has 1 rings (SSSR count). The Bertz CT molecular complexity index is 368. The normalized spacial score (nSPS) is 18.4. The Kier molecular flexibility index (Phi) is 2.32. The Balaban J connectivity index is 3.37. The highest BCUT2D eigenvalue weighted by Crippen LogP contribution is 2.24. The summed E-state index contributed by atoms with van der Waals surface area (Å²) in [4.78, 5) is 23.1. The minimum absolute atomic E-state index is 0.0491. The Morgan fingerprint density at radius 1 is 0.923 bits per heavy atom. The van der Waals surface area contributed by atoms with Gasteiger partial charge in [-0.2, -0.15) is 0 Å². The van der Waals surface area contributed by atoms with Crippen molar-refractivity contribution >= 4 is 11.6 Å². The van der Waals surface area contributed by atoms with Gasteiger partial charge < -0.3 is 0 Å². The average molecular weight is 176 g/mol. The first kappa shape index (κ1) is 9.65. The third-order valence-corrected chi connectivity index (χ3v) is 2.44. The van der Waals surface area contributed by atoms with Crippen molar-refractivity contribution in [3.63, 3.8) is 0 Å². The molecule has 0 saturated heterocycles. The fraction of sp³-hybridized carbons (Fsp3) is 0.273. The van der Waals surface area contributed by atoms with Crippen molar-refractivity contribution in [3.05, 3.63) is 34.9 Å². The summed E-state index contributed by atoms with van der Waals surface area (Å²) in [5.74, 6) is -0.128. The molecule has 0 saturated carbocycles. The summed E-state index contributed by atoms with van der Waals surface area (Å²) in [5, 5.41) is 0. The van der Waals surface area contributed by atoms with Crippen molar-refractivity contribution in [1.82, 2.24) is 0 Å². The van der Waals surface area contributed by atoms with E-state index in [2.05, 4.69) is 6.58 Å². The standard InChI is InChI=1S/C11H12O2/c1-5-9-8(4)10(12)6(2)7(3)11(9)13/h5H,1H2,2-4H3. The van der Waals surface area contributed by atoms with Gasteiger partial charge in [0.2, 0.25) is 0 Å². The van der Waals surface area contributed by atoms with Crippen LogP contribution in [0.5, 0.6) is 0 Å². The second kappa shape index (κ2) is 3.13. The first-order valence-electron chi connectivity index (χ1n) is 4.11. The summed E-state index contributed by atoms with van der Waals surface area (Å²) in [6.45, 7) is 8.54. The lowest BCUT2D eigenvalue weighted by atomic mass is 9.86. The maximum atomic E-state index is 11.6. The molecule has 1 aliphatic carbocycles. The molecule has 2 nitrogen and oxygen atoms in total. The van der Waals surface area contributed by atoms with E-state index in [1.807, 2.05) is 0 Å². The van der Waals surface area contributed by atoms with Crippen LogP contribution in [0.2, 0.25) is 0 Å². The van der Waals surface area contributed by atoms with Crippen LogP contribution in [0.4, 0.5) is 0 Å². The zero-order valence-corrected chi connectivity index (χ0v) is 8.10. The second-order valence-corrected chi connectivity index (χ2v) is 3.15. The van der Waals surface area contributed by atoms with Gasteiger partial charge in [0.25, 0.3) is 0 Å². The molecule has 0 N–H and O–H groups in total. The molecule has 0 aromatic rings. The Morgan fingerprint density at radius 3 is 1.85 bits per heavy atom. The van der Waals surface area contributed by atoms with Gasteiger partial charge in [0.1, 0.15) is 0 Å². The lowest BCUT2D eigenvalue weighted by Gasteiger charge is -2.15. The first-order chi connectivity index (χ1) is 6.00. The van der Waals surface area contributed by atoms with Crippen molar-refractivity contribution in [2.45, 2.75) is 20.8 Å². The molecule has 0 aliphatic heterocycles. The molecule has 0 bridgehead atoms. The molecule has 2 heteroatoms. The SMILES string of the molecule is C=CC1=C(C)C(=O)C(C)=C(C)C1=O. The zero-order chi connectivity index (χ0) is 10.2. The van der Waals surface area contributed by atoms with Crippen LogP contribution in [0.25, 0.3) is 0 Å². The molecule has 0 radical (unpaired) electrons. The molecule has 68 valence electrons. The summed E-state index contributed by atoms with van der Waals surface area (Å²) in [7, 11) is 0. The Hall–Kier alpha value is -1.44. The number of allylic oxidation sites excluding steroid dienone is 5. The van der Waals surface area contributed by atoms with Crippen LogP contribution in [0.3, 0.4) is 0 Å². The van der Waals surface area contributed by atoms with E-state index in [1.165, 1.54) is 6.08 Å². The molecule has 0 fully saturated rings. The second-order valence-electron chi connectivity index (χ2n) is 3.15. The van der Waals surface area contributed by atoms with Gasteiger partial charge in [0.15, 0.2) is 11.6 Å². The third-order valence-electron chi connectivity index (χ3n) is 2.44. The number of ketones is 2. The fourth-order valence-corrected chi connectivity index (χ4v) is 1.36. The van der Waals surface area contributed by atoms with Crippen LogP contribution in [0.1, 0.15) is 20.8 Å². The first-order valence-corrected chi connectivity index (χ1v) is 4.11. The Morgan fingerprint density at radius 2 is 1.38 bits per heavy atom. The number of carbonyl (C=O) groups excluding carboxylic acids is 2. The molecule has 0 amide bonds. The van der Waals surface area contributed by atoms with E-state index >= 15 is 0 Å². The van der Waals surface area contributed by atoms with E-state index < -0.39 is 0 Å². The highest BCUT2D eigenvalue weighted by atomic mass is 16.1. The third kappa shape index (κ3) is 1.28. The van der Waals surface area contributed by atoms with Gasteiger partial charge in [-0.25, -0.2) is 0 Å². The largest absolute Gasteiger partial charge is 0.289 e. The van der Waals surface area contributed by atoms with Gasteiger partial charge in [-0.05, 0) is 20.8 Å². The number of hydrogen-bond donors (Lipinski definition) is 0. The smallest absolute Gasteiger partial charge is 0.189 e. The number of rotatable bonds is 1. The van der Waals surface area contributed by atoms with E-state index in [0.717, 1.165) is 0 Å². The monoisotopic (exact) mass is 176 g/mol. The van der Waals surface area contributed by atoms with Crippen molar-refractivity contribution in [2.24, 2.45) is 0 Å². The molecule has 0 heterocycles. The van der Waals surface area contributed by atoms with Gasteiger partial charge in [0, 0.05) is 22.3 Å². The molecule has 1 aliphatic rings. The molecule has 0 aromatic carbocycles. The molecule has 0 aromatic heterocycles. The zero-order valence-electron chi connectivity index (χ0n) is 8.10. The Labute approximate surface area is 77.6 Å². The van der Waals surface area contributed by atoms with E-state index in [-0.39, 0.29) is 11.6 Å². The van der Waals surface area contributed by atoms with Gasteiger partial charge in [-0.1, -0.05) is 12.7 Å². The maximum absolute atomic E-state index is 11.6. The molecular formula is C11H12O2.